The smallest absolute Gasteiger partial charge is 0.249 e. The lowest BCUT2D eigenvalue weighted by molar-refractivity contribution is -0.131. The number of allylic oxidation sites excluding steroid dienone is 3. The van der Waals surface area contributed by atoms with Crippen LogP contribution in [-0.2, 0) is 4.79 Å². The highest BCUT2D eigenvalue weighted by Crippen LogP contribution is 2.17. The number of amides is 1. The fourth-order valence-electron chi connectivity index (χ4n) is 7.67. The first kappa shape index (κ1) is 53.8. The Kier molecular flexibility index (Phi) is 44.6. The summed E-state index contributed by atoms with van der Waals surface area (Å²) in [7, 11) is 0. The Hall–Kier alpha value is -1.17. The number of carbonyl (C=O) groups is 1. The Labute approximate surface area is 343 Å². The Morgan fingerprint density at radius 2 is 0.745 bits per heavy atom. The maximum atomic E-state index is 12.5. The van der Waals surface area contributed by atoms with Gasteiger partial charge in [0.1, 0.15) is 6.10 Å². The number of nitrogens with one attached hydrogen (secondary N) is 1. The van der Waals surface area contributed by atoms with Crippen LogP contribution in [-0.4, -0.2) is 46.1 Å². The van der Waals surface area contributed by atoms with Gasteiger partial charge in [-0.3, -0.25) is 4.79 Å². The molecule has 3 unspecified atom stereocenters. The van der Waals surface area contributed by atoms with E-state index in [9.17, 15) is 20.1 Å². The van der Waals surface area contributed by atoms with Crippen molar-refractivity contribution in [2.24, 2.45) is 0 Å². The molecule has 0 rings (SSSR count). The van der Waals surface area contributed by atoms with Crippen LogP contribution in [0.3, 0.4) is 0 Å². The van der Waals surface area contributed by atoms with Crippen molar-refractivity contribution in [1.29, 1.82) is 0 Å². The van der Waals surface area contributed by atoms with Crippen molar-refractivity contribution in [3.63, 3.8) is 0 Å². The van der Waals surface area contributed by atoms with Crippen molar-refractivity contribution in [2.45, 2.75) is 283 Å². The highest BCUT2D eigenvalue weighted by molar-refractivity contribution is 5.80. The summed E-state index contributed by atoms with van der Waals surface area (Å²) in [6, 6.07) is -0.811. The minimum Gasteiger partial charge on any atom is -0.394 e. The fourth-order valence-corrected chi connectivity index (χ4v) is 7.67. The van der Waals surface area contributed by atoms with E-state index >= 15 is 0 Å². The van der Waals surface area contributed by atoms with Crippen molar-refractivity contribution in [1.82, 2.24) is 5.32 Å². The Morgan fingerprint density at radius 1 is 0.436 bits per heavy atom. The molecule has 0 aromatic heterocycles. The van der Waals surface area contributed by atoms with Gasteiger partial charge in [-0.1, -0.05) is 256 Å². The maximum absolute atomic E-state index is 12.5. The third-order valence-electron chi connectivity index (χ3n) is 11.5. The predicted molar refractivity (Wildman–Crippen MR) is 241 cm³/mol. The summed E-state index contributed by atoms with van der Waals surface area (Å²) in [6.45, 7) is 4.20. The van der Waals surface area contributed by atoms with E-state index in [1.54, 1.807) is 6.08 Å². The highest BCUT2D eigenvalue weighted by atomic mass is 16.3. The van der Waals surface area contributed by atoms with Crippen molar-refractivity contribution < 1.29 is 20.1 Å². The lowest BCUT2D eigenvalue weighted by Gasteiger charge is -2.21. The first-order valence-corrected chi connectivity index (χ1v) is 24.7. The lowest BCUT2D eigenvalue weighted by atomic mass is 10.0. The van der Waals surface area contributed by atoms with Crippen LogP contribution in [0, 0.1) is 0 Å². The largest absolute Gasteiger partial charge is 0.394 e. The third kappa shape index (κ3) is 40.8. The summed E-state index contributed by atoms with van der Waals surface area (Å²) >= 11 is 0. The van der Waals surface area contributed by atoms with E-state index in [4.69, 9.17) is 0 Å². The molecule has 0 saturated carbocycles. The van der Waals surface area contributed by atoms with Crippen LogP contribution in [0.1, 0.15) is 264 Å². The maximum Gasteiger partial charge on any atom is 0.249 e. The van der Waals surface area contributed by atoms with Crippen LogP contribution in [0.15, 0.2) is 24.3 Å². The number of aliphatic hydroxyl groups is 3. The van der Waals surface area contributed by atoms with Gasteiger partial charge in [-0.25, -0.2) is 0 Å². The Bertz CT molecular complexity index is 814. The molecule has 0 saturated heterocycles. The second-order valence-corrected chi connectivity index (χ2v) is 17.0. The van der Waals surface area contributed by atoms with Crippen LogP contribution < -0.4 is 5.32 Å². The average Bonchev–Trinajstić information content (AvgIpc) is 3.19. The summed E-state index contributed by atoms with van der Waals surface area (Å²) in [6.07, 6.45) is 56.6. The first-order valence-electron chi connectivity index (χ1n) is 24.7. The van der Waals surface area contributed by atoms with Gasteiger partial charge < -0.3 is 20.6 Å². The van der Waals surface area contributed by atoms with Crippen molar-refractivity contribution in [3.05, 3.63) is 24.3 Å². The third-order valence-corrected chi connectivity index (χ3v) is 11.5. The van der Waals surface area contributed by atoms with Gasteiger partial charge in [0.25, 0.3) is 0 Å². The molecular weight excluding hydrogens is 679 g/mol. The molecule has 0 fully saturated rings. The fraction of sp³-hybridized carbons (Fsp3) is 0.900. The standard InChI is InChI=1S/C50H97NO4/c1-3-5-7-9-11-13-15-17-19-21-23-24-25-27-29-31-33-35-37-39-41-43-45-49(54)50(55)51-47(46-52)48(53)44-42-40-38-36-34-32-30-28-26-22-20-18-16-14-12-10-8-6-4-2/h34,36,42,44,47-49,52-54H,3-33,35,37-41,43,45-46H2,1-2H3,(H,51,55)/b36-34+,44-42+. The normalized spacial score (nSPS) is 13.6. The molecule has 0 radical (unpaired) electrons. The Balaban J connectivity index is 3.63. The molecule has 4 N–H and O–H groups in total. The van der Waals surface area contributed by atoms with Crippen LogP contribution >= 0.6 is 0 Å². The predicted octanol–water partition coefficient (Wildman–Crippen LogP) is 14.6. The first-order chi connectivity index (χ1) is 27.1. The molecule has 0 aromatic rings. The van der Waals surface area contributed by atoms with Gasteiger partial charge in [-0.05, 0) is 32.1 Å². The highest BCUT2D eigenvalue weighted by Gasteiger charge is 2.22. The molecule has 0 aliphatic carbocycles. The van der Waals surface area contributed by atoms with E-state index in [0.717, 1.165) is 38.5 Å². The summed E-state index contributed by atoms with van der Waals surface area (Å²) in [5.74, 6) is -0.508. The van der Waals surface area contributed by atoms with Gasteiger partial charge in [-0.15, -0.1) is 0 Å². The molecule has 55 heavy (non-hydrogen) atoms. The molecule has 1 amide bonds. The number of aliphatic hydroxyl groups excluding tert-OH is 3. The second-order valence-electron chi connectivity index (χ2n) is 17.0. The molecule has 5 heteroatoms. The van der Waals surface area contributed by atoms with E-state index < -0.39 is 24.2 Å². The van der Waals surface area contributed by atoms with E-state index in [0.29, 0.717) is 6.42 Å². The topological polar surface area (TPSA) is 89.8 Å². The molecule has 0 aliphatic rings. The van der Waals surface area contributed by atoms with Gasteiger partial charge in [0.05, 0.1) is 18.8 Å². The van der Waals surface area contributed by atoms with Gasteiger partial charge in [0, 0.05) is 0 Å². The molecule has 5 nitrogen and oxygen atoms in total. The number of rotatable bonds is 45. The zero-order valence-corrected chi connectivity index (χ0v) is 37.1. The number of hydrogen-bond acceptors (Lipinski definition) is 4. The molecule has 0 heterocycles. The van der Waals surface area contributed by atoms with Crippen LogP contribution in [0.2, 0.25) is 0 Å². The molecule has 0 spiro atoms. The molecule has 0 aliphatic heterocycles. The lowest BCUT2D eigenvalue weighted by Crippen LogP contribution is -2.48. The van der Waals surface area contributed by atoms with Crippen LogP contribution in [0.4, 0.5) is 0 Å². The second kappa shape index (κ2) is 45.5. The Morgan fingerprint density at radius 3 is 1.11 bits per heavy atom. The van der Waals surface area contributed by atoms with Crippen LogP contribution in [0.25, 0.3) is 0 Å². The molecule has 0 aromatic carbocycles. The quantitative estimate of drug-likeness (QED) is 0.0366. The zero-order valence-electron chi connectivity index (χ0n) is 37.1. The van der Waals surface area contributed by atoms with Crippen molar-refractivity contribution in [3.8, 4) is 0 Å². The SMILES string of the molecule is CCCCCCCCCCCCCCC/C=C/CC/C=C/C(O)C(CO)NC(=O)C(O)CCCCCCCCCCCCCCCCCCCCCCCC. The van der Waals surface area contributed by atoms with Crippen molar-refractivity contribution in [2.75, 3.05) is 6.61 Å². The van der Waals surface area contributed by atoms with Gasteiger partial charge in [0.2, 0.25) is 5.91 Å². The summed E-state index contributed by atoms with van der Waals surface area (Å²) < 4.78 is 0. The molecule has 3 atom stereocenters. The zero-order chi connectivity index (χ0) is 40.1. The average molecular weight is 776 g/mol. The summed E-state index contributed by atoms with van der Waals surface area (Å²) in [5, 5.41) is 33.2. The summed E-state index contributed by atoms with van der Waals surface area (Å²) in [5.41, 5.74) is 0. The molecular formula is C50H97NO4. The van der Waals surface area contributed by atoms with E-state index in [1.165, 1.54) is 205 Å². The minimum absolute atomic E-state index is 0.373. The molecule has 326 valence electrons. The summed E-state index contributed by atoms with van der Waals surface area (Å²) in [4.78, 5) is 12.5. The number of hydrogen-bond donors (Lipinski definition) is 4. The van der Waals surface area contributed by atoms with E-state index in [2.05, 4.69) is 31.3 Å². The molecule has 0 bridgehead atoms. The van der Waals surface area contributed by atoms with Gasteiger partial charge in [0.15, 0.2) is 0 Å². The van der Waals surface area contributed by atoms with Crippen LogP contribution in [0.5, 0.6) is 0 Å². The van der Waals surface area contributed by atoms with Gasteiger partial charge in [-0.2, -0.15) is 0 Å². The number of unbranched alkanes of at least 4 members (excludes halogenated alkanes) is 35. The van der Waals surface area contributed by atoms with E-state index in [-0.39, 0.29) is 6.61 Å². The van der Waals surface area contributed by atoms with Crippen molar-refractivity contribution >= 4 is 5.91 Å². The monoisotopic (exact) mass is 776 g/mol. The van der Waals surface area contributed by atoms with Gasteiger partial charge >= 0.3 is 0 Å². The van der Waals surface area contributed by atoms with E-state index in [1.807, 2.05) is 6.08 Å². The minimum atomic E-state index is -1.10. The number of carbonyl (C=O) groups excluding carboxylic acids is 1.